The molecule has 4 heteroatoms. The van der Waals surface area contributed by atoms with Crippen molar-refractivity contribution in [3.8, 4) is 5.75 Å². The maximum atomic E-state index is 12.1. The lowest BCUT2D eigenvalue weighted by molar-refractivity contribution is -0.274. The van der Waals surface area contributed by atoms with Crippen molar-refractivity contribution in [2.24, 2.45) is 5.92 Å². The molecule has 0 bridgehead atoms. The van der Waals surface area contributed by atoms with Gasteiger partial charge in [-0.25, -0.2) is 0 Å². The van der Waals surface area contributed by atoms with Gasteiger partial charge in [-0.1, -0.05) is 26.0 Å². The van der Waals surface area contributed by atoms with Crippen LogP contribution in [0.3, 0.4) is 0 Å². The fourth-order valence-corrected chi connectivity index (χ4v) is 1.56. The molecule has 0 saturated heterocycles. The van der Waals surface area contributed by atoms with Crippen molar-refractivity contribution in [2.45, 2.75) is 33.6 Å². The molecule has 0 aliphatic rings. The van der Waals surface area contributed by atoms with Gasteiger partial charge >= 0.3 is 6.36 Å². The topological polar surface area (TPSA) is 9.23 Å². The molecule has 16 heavy (non-hydrogen) atoms. The van der Waals surface area contributed by atoms with E-state index in [1.807, 2.05) is 19.9 Å². The first-order chi connectivity index (χ1) is 7.29. The van der Waals surface area contributed by atoms with Gasteiger partial charge < -0.3 is 4.74 Å². The first-order valence-corrected chi connectivity index (χ1v) is 5.14. The second kappa shape index (κ2) is 4.76. The zero-order valence-electron chi connectivity index (χ0n) is 9.56. The highest BCUT2D eigenvalue weighted by Gasteiger charge is 2.31. The number of ether oxygens (including phenoxy) is 1. The van der Waals surface area contributed by atoms with E-state index in [-0.39, 0.29) is 5.75 Å². The van der Waals surface area contributed by atoms with Crippen LogP contribution in [0.5, 0.6) is 5.75 Å². The predicted octanol–water partition coefficient (Wildman–Crippen LogP) is 4.09. The predicted molar refractivity (Wildman–Crippen MR) is 56.4 cm³/mol. The largest absolute Gasteiger partial charge is 0.573 e. The summed E-state index contributed by atoms with van der Waals surface area (Å²) >= 11 is 0. The van der Waals surface area contributed by atoms with Gasteiger partial charge in [0.15, 0.2) is 0 Å². The number of rotatable bonds is 3. The van der Waals surface area contributed by atoms with Crippen LogP contribution >= 0.6 is 0 Å². The first kappa shape index (κ1) is 12.9. The minimum absolute atomic E-state index is 0.106. The zero-order valence-corrected chi connectivity index (χ0v) is 9.56. The summed E-state index contributed by atoms with van der Waals surface area (Å²) in [5.74, 6) is 0.297. The Balaban J connectivity index is 2.95. The lowest BCUT2D eigenvalue weighted by Crippen LogP contribution is -2.18. The van der Waals surface area contributed by atoms with Gasteiger partial charge in [0.05, 0.1) is 0 Å². The lowest BCUT2D eigenvalue weighted by Gasteiger charge is -2.15. The third-order valence-electron chi connectivity index (χ3n) is 2.25. The van der Waals surface area contributed by atoms with E-state index in [0.29, 0.717) is 11.5 Å². The molecule has 1 rings (SSSR count). The molecule has 0 aromatic heterocycles. The van der Waals surface area contributed by atoms with Gasteiger partial charge in [0.25, 0.3) is 0 Å². The van der Waals surface area contributed by atoms with Gasteiger partial charge in [-0.05, 0) is 36.5 Å². The van der Waals surface area contributed by atoms with Crippen LogP contribution in [0.1, 0.15) is 25.0 Å². The molecule has 90 valence electrons. The number of alkyl halides is 3. The first-order valence-electron chi connectivity index (χ1n) is 5.14. The summed E-state index contributed by atoms with van der Waals surface area (Å²) in [6.07, 6.45) is -3.87. The molecule has 1 aromatic rings. The van der Waals surface area contributed by atoms with Crippen molar-refractivity contribution in [3.63, 3.8) is 0 Å². The second-order valence-electron chi connectivity index (χ2n) is 4.19. The maximum absolute atomic E-state index is 12.1. The molecule has 0 spiro atoms. The Hall–Kier alpha value is -1.19. The highest BCUT2D eigenvalue weighted by Crippen LogP contribution is 2.28. The van der Waals surface area contributed by atoms with Crippen LogP contribution in [0.25, 0.3) is 0 Å². The van der Waals surface area contributed by atoms with Crippen molar-refractivity contribution < 1.29 is 17.9 Å². The van der Waals surface area contributed by atoms with Crippen molar-refractivity contribution >= 4 is 0 Å². The van der Waals surface area contributed by atoms with E-state index in [4.69, 9.17) is 0 Å². The molecule has 0 atom stereocenters. The Kier molecular flexibility index (Phi) is 3.83. The number of hydrogen-bond donors (Lipinski definition) is 0. The van der Waals surface area contributed by atoms with E-state index in [0.717, 1.165) is 12.0 Å². The Labute approximate surface area is 93.2 Å². The van der Waals surface area contributed by atoms with Crippen LogP contribution in [0, 0.1) is 12.8 Å². The zero-order chi connectivity index (χ0) is 12.3. The lowest BCUT2D eigenvalue weighted by atomic mass is 9.98. The summed E-state index contributed by atoms with van der Waals surface area (Å²) in [4.78, 5) is 0. The molecular formula is C12H15F3O. The van der Waals surface area contributed by atoms with Crippen molar-refractivity contribution in [1.29, 1.82) is 0 Å². The molecule has 0 amide bonds. The Morgan fingerprint density at radius 1 is 1.25 bits per heavy atom. The molecule has 0 saturated carbocycles. The normalized spacial score (nSPS) is 11.9. The SMILES string of the molecule is Cc1c(CC(C)C)cccc1OC(F)(F)F. The van der Waals surface area contributed by atoms with E-state index in [1.54, 1.807) is 13.0 Å². The highest BCUT2D eigenvalue weighted by atomic mass is 19.4. The van der Waals surface area contributed by atoms with E-state index in [1.165, 1.54) is 6.07 Å². The van der Waals surface area contributed by atoms with Crippen molar-refractivity contribution in [2.75, 3.05) is 0 Å². The van der Waals surface area contributed by atoms with Crippen LogP contribution in [-0.2, 0) is 6.42 Å². The van der Waals surface area contributed by atoms with E-state index < -0.39 is 6.36 Å². The smallest absolute Gasteiger partial charge is 0.406 e. The summed E-state index contributed by atoms with van der Waals surface area (Å²) in [6.45, 7) is 5.70. The Bertz CT molecular complexity index is 356. The third kappa shape index (κ3) is 3.76. The van der Waals surface area contributed by atoms with Gasteiger partial charge in [0, 0.05) is 0 Å². The molecule has 0 radical (unpaired) electrons. The van der Waals surface area contributed by atoms with E-state index >= 15 is 0 Å². The van der Waals surface area contributed by atoms with Gasteiger partial charge in [-0.3, -0.25) is 0 Å². The van der Waals surface area contributed by atoms with Crippen LogP contribution < -0.4 is 4.74 Å². The second-order valence-corrected chi connectivity index (χ2v) is 4.19. The molecule has 0 heterocycles. The molecule has 0 N–H and O–H groups in total. The standard InChI is InChI=1S/C12H15F3O/c1-8(2)7-10-5-4-6-11(9(10)3)16-12(13,14)15/h4-6,8H,7H2,1-3H3. The van der Waals surface area contributed by atoms with Crippen LogP contribution in [-0.4, -0.2) is 6.36 Å². The molecule has 0 unspecified atom stereocenters. The monoisotopic (exact) mass is 232 g/mol. The maximum Gasteiger partial charge on any atom is 0.573 e. The summed E-state index contributed by atoms with van der Waals surface area (Å²) in [5, 5.41) is 0. The quantitative estimate of drug-likeness (QED) is 0.762. The van der Waals surface area contributed by atoms with Gasteiger partial charge in [-0.2, -0.15) is 0 Å². The molecule has 0 fully saturated rings. The minimum atomic E-state index is -4.62. The number of halogens is 3. The number of hydrogen-bond acceptors (Lipinski definition) is 1. The van der Waals surface area contributed by atoms with Gasteiger partial charge in [0.2, 0.25) is 0 Å². The molecule has 0 aliphatic carbocycles. The molecule has 1 aromatic carbocycles. The summed E-state index contributed by atoms with van der Waals surface area (Å²) in [5.41, 5.74) is 1.46. The van der Waals surface area contributed by atoms with Crippen molar-refractivity contribution in [3.05, 3.63) is 29.3 Å². The molecular weight excluding hydrogens is 217 g/mol. The average Bonchev–Trinajstić information content (AvgIpc) is 2.09. The summed E-state index contributed by atoms with van der Waals surface area (Å²) in [6, 6.07) is 4.76. The van der Waals surface area contributed by atoms with Gasteiger partial charge in [0.1, 0.15) is 5.75 Å². The summed E-state index contributed by atoms with van der Waals surface area (Å²) < 4.78 is 40.2. The fraction of sp³-hybridized carbons (Fsp3) is 0.500. The third-order valence-corrected chi connectivity index (χ3v) is 2.25. The average molecular weight is 232 g/mol. The number of benzene rings is 1. The Morgan fingerprint density at radius 2 is 1.88 bits per heavy atom. The molecule has 0 aliphatic heterocycles. The van der Waals surface area contributed by atoms with Crippen LogP contribution in [0.15, 0.2) is 18.2 Å². The van der Waals surface area contributed by atoms with E-state index in [2.05, 4.69) is 4.74 Å². The summed E-state index contributed by atoms with van der Waals surface area (Å²) in [7, 11) is 0. The fourth-order valence-electron chi connectivity index (χ4n) is 1.56. The minimum Gasteiger partial charge on any atom is -0.406 e. The van der Waals surface area contributed by atoms with Crippen LogP contribution in [0.4, 0.5) is 13.2 Å². The van der Waals surface area contributed by atoms with Crippen LogP contribution in [0.2, 0.25) is 0 Å². The highest BCUT2D eigenvalue weighted by molar-refractivity contribution is 5.39. The van der Waals surface area contributed by atoms with Crippen molar-refractivity contribution in [1.82, 2.24) is 0 Å². The van der Waals surface area contributed by atoms with E-state index in [9.17, 15) is 13.2 Å². The molecule has 1 nitrogen and oxygen atoms in total. The Morgan fingerprint density at radius 3 is 2.38 bits per heavy atom. The van der Waals surface area contributed by atoms with Gasteiger partial charge in [-0.15, -0.1) is 13.2 Å².